The molecule has 0 saturated carbocycles. The summed E-state index contributed by atoms with van der Waals surface area (Å²) in [5.74, 6) is -0.311. The number of carbonyl (C=O) groups excluding carboxylic acids is 1. The molecule has 0 spiro atoms. The van der Waals surface area contributed by atoms with Crippen LogP contribution in [0.3, 0.4) is 0 Å². The van der Waals surface area contributed by atoms with Crippen LogP contribution in [0.2, 0.25) is 0 Å². The molecule has 1 atom stereocenters. The lowest BCUT2D eigenvalue weighted by Gasteiger charge is -2.15. The maximum atomic E-state index is 11.3. The molecule has 0 amide bonds. The van der Waals surface area contributed by atoms with Gasteiger partial charge >= 0.3 is 5.97 Å². The van der Waals surface area contributed by atoms with Crippen molar-refractivity contribution < 1.29 is 9.53 Å². The Labute approximate surface area is 117 Å². The zero-order valence-corrected chi connectivity index (χ0v) is 12.1. The summed E-state index contributed by atoms with van der Waals surface area (Å²) in [6.45, 7) is 4.25. The quantitative estimate of drug-likeness (QED) is 0.857. The van der Waals surface area contributed by atoms with Gasteiger partial charge in [0.05, 0.1) is 18.7 Å². The van der Waals surface area contributed by atoms with Gasteiger partial charge in [-0.05, 0) is 55.1 Å². The molecule has 0 fully saturated rings. The van der Waals surface area contributed by atoms with Gasteiger partial charge in [0.25, 0.3) is 0 Å². The van der Waals surface area contributed by atoms with E-state index in [1.54, 1.807) is 23.5 Å². The SMILES string of the molecule is COC(=O)c1ccc(NC(C)c2sccc2C)cc1. The van der Waals surface area contributed by atoms with Crippen molar-refractivity contribution >= 4 is 23.0 Å². The van der Waals surface area contributed by atoms with Gasteiger partial charge in [0, 0.05) is 10.6 Å². The molecule has 4 heteroatoms. The number of thiophene rings is 1. The van der Waals surface area contributed by atoms with E-state index < -0.39 is 0 Å². The van der Waals surface area contributed by atoms with E-state index in [-0.39, 0.29) is 12.0 Å². The molecular formula is C15H17NO2S. The summed E-state index contributed by atoms with van der Waals surface area (Å²) in [6.07, 6.45) is 0. The van der Waals surface area contributed by atoms with Crippen LogP contribution < -0.4 is 5.32 Å². The minimum absolute atomic E-state index is 0.254. The molecule has 2 rings (SSSR count). The summed E-state index contributed by atoms with van der Waals surface area (Å²) >= 11 is 1.75. The van der Waals surface area contributed by atoms with Crippen LogP contribution in [-0.2, 0) is 4.74 Å². The molecule has 0 aliphatic carbocycles. The van der Waals surface area contributed by atoms with E-state index in [0.717, 1.165) is 5.69 Å². The van der Waals surface area contributed by atoms with Crippen molar-refractivity contribution in [3.8, 4) is 0 Å². The number of esters is 1. The second-order valence-electron chi connectivity index (χ2n) is 4.40. The largest absolute Gasteiger partial charge is 0.465 e. The molecule has 2 aromatic rings. The van der Waals surface area contributed by atoms with Crippen molar-refractivity contribution in [1.82, 2.24) is 0 Å². The van der Waals surface area contributed by atoms with Gasteiger partial charge in [-0.2, -0.15) is 0 Å². The third-order valence-electron chi connectivity index (χ3n) is 2.98. The first-order valence-electron chi connectivity index (χ1n) is 6.10. The Morgan fingerprint density at radius 2 is 1.95 bits per heavy atom. The van der Waals surface area contributed by atoms with Crippen molar-refractivity contribution in [2.75, 3.05) is 12.4 Å². The predicted molar refractivity (Wildman–Crippen MR) is 78.9 cm³/mol. The van der Waals surface area contributed by atoms with Crippen LogP contribution in [0.4, 0.5) is 5.69 Å². The first-order valence-corrected chi connectivity index (χ1v) is 6.98. The van der Waals surface area contributed by atoms with Crippen molar-refractivity contribution in [3.63, 3.8) is 0 Å². The Kier molecular flexibility index (Phi) is 4.22. The maximum Gasteiger partial charge on any atom is 0.337 e. The normalized spacial score (nSPS) is 11.9. The van der Waals surface area contributed by atoms with Gasteiger partial charge < -0.3 is 10.1 Å². The molecule has 0 aliphatic heterocycles. The predicted octanol–water partition coefficient (Wildman–Crippen LogP) is 4.02. The van der Waals surface area contributed by atoms with Gasteiger partial charge in [-0.3, -0.25) is 0 Å². The number of anilines is 1. The number of nitrogens with one attached hydrogen (secondary N) is 1. The number of hydrogen-bond acceptors (Lipinski definition) is 4. The summed E-state index contributed by atoms with van der Waals surface area (Å²) in [5, 5.41) is 5.53. The van der Waals surface area contributed by atoms with Crippen molar-refractivity contribution in [2.24, 2.45) is 0 Å². The number of benzene rings is 1. The molecule has 100 valence electrons. The first kappa shape index (κ1) is 13.6. The molecule has 3 nitrogen and oxygen atoms in total. The van der Waals surface area contributed by atoms with Crippen molar-refractivity contribution in [2.45, 2.75) is 19.9 Å². The van der Waals surface area contributed by atoms with E-state index in [4.69, 9.17) is 0 Å². The fourth-order valence-corrected chi connectivity index (χ4v) is 2.90. The van der Waals surface area contributed by atoms with Gasteiger partial charge in [0.2, 0.25) is 0 Å². The van der Waals surface area contributed by atoms with E-state index in [0.29, 0.717) is 5.56 Å². The molecule has 0 aliphatic rings. The third-order valence-corrected chi connectivity index (χ3v) is 4.19. The summed E-state index contributed by atoms with van der Waals surface area (Å²) in [4.78, 5) is 12.7. The maximum absolute atomic E-state index is 11.3. The number of hydrogen-bond donors (Lipinski definition) is 1. The van der Waals surface area contributed by atoms with Gasteiger partial charge in [-0.1, -0.05) is 0 Å². The summed E-state index contributed by atoms with van der Waals surface area (Å²) in [6, 6.07) is 9.70. The first-order chi connectivity index (χ1) is 9.11. The lowest BCUT2D eigenvalue weighted by Crippen LogP contribution is -2.06. The van der Waals surface area contributed by atoms with Crippen LogP contribution in [0.5, 0.6) is 0 Å². The zero-order chi connectivity index (χ0) is 13.8. The van der Waals surface area contributed by atoms with Gasteiger partial charge in [0.15, 0.2) is 0 Å². The Hall–Kier alpha value is -1.81. The zero-order valence-electron chi connectivity index (χ0n) is 11.3. The lowest BCUT2D eigenvalue weighted by atomic mass is 10.1. The van der Waals surface area contributed by atoms with Crippen LogP contribution in [0.1, 0.15) is 33.8 Å². The summed E-state index contributed by atoms with van der Waals surface area (Å²) in [7, 11) is 1.39. The Balaban J connectivity index is 2.08. The van der Waals surface area contributed by atoms with E-state index >= 15 is 0 Å². The van der Waals surface area contributed by atoms with Crippen LogP contribution in [0, 0.1) is 6.92 Å². The lowest BCUT2D eigenvalue weighted by molar-refractivity contribution is 0.0601. The van der Waals surface area contributed by atoms with Crippen LogP contribution in [0.25, 0.3) is 0 Å². The Morgan fingerprint density at radius 3 is 2.47 bits per heavy atom. The Morgan fingerprint density at radius 1 is 1.26 bits per heavy atom. The van der Waals surface area contributed by atoms with E-state index in [2.05, 4.69) is 35.3 Å². The van der Waals surface area contributed by atoms with E-state index in [1.165, 1.54) is 17.6 Å². The fourth-order valence-electron chi connectivity index (χ4n) is 1.96. The fraction of sp³-hybridized carbons (Fsp3) is 0.267. The minimum Gasteiger partial charge on any atom is -0.465 e. The Bertz CT molecular complexity index is 560. The molecule has 0 bridgehead atoms. The molecule has 1 heterocycles. The summed E-state index contributed by atoms with van der Waals surface area (Å²) in [5.41, 5.74) is 2.86. The minimum atomic E-state index is -0.311. The van der Waals surface area contributed by atoms with Gasteiger partial charge in [-0.15, -0.1) is 11.3 Å². The molecule has 0 saturated heterocycles. The average Bonchev–Trinajstić information content (AvgIpc) is 2.85. The molecule has 0 radical (unpaired) electrons. The molecular weight excluding hydrogens is 258 g/mol. The number of rotatable bonds is 4. The van der Waals surface area contributed by atoms with E-state index in [9.17, 15) is 4.79 Å². The second-order valence-corrected chi connectivity index (χ2v) is 5.35. The third kappa shape index (κ3) is 3.15. The molecule has 1 aromatic carbocycles. The van der Waals surface area contributed by atoms with Gasteiger partial charge in [0.1, 0.15) is 0 Å². The molecule has 1 unspecified atom stereocenters. The van der Waals surface area contributed by atoms with Crippen LogP contribution >= 0.6 is 11.3 Å². The monoisotopic (exact) mass is 275 g/mol. The van der Waals surface area contributed by atoms with E-state index in [1.807, 2.05) is 12.1 Å². The highest BCUT2D eigenvalue weighted by Gasteiger charge is 2.10. The average molecular weight is 275 g/mol. The molecule has 1 N–H and O–H groups in total. The van der Waals surface area contributed by atoms with Crippen molar-refractivity contribution in [1.29, 1.82) is 0 Å². The van der Waals surface area contributed by atoms with Gasteiger partial charge in [-0.25, -0.2) is 4.79 Å². The van der Waals surface area contributed by atoms with Crippen molar-refractivity contribution in [3.05, 3.63) is 51.7 Å². The number of methoxy groups -OCH3 is 1. The highest BCUT2D eigenvalue weighted by atomic mass is 32.1. The smallest absolute Gasteiger partial charge is 0.337 e. The molecule has 19 heavy (non-hydrogen) atoms. The number of carbonyl (C=O) groups is 1. The summed E-state index contributed by atoms with van der Waals surface area (Å²) < 4.78 is 4.67. The second kappa shape index (κ2) is 5.89. The number of aryl methyl sites for hydroxylation is 1. The number of ether oxygens (including phenoxy) is 1. The highest BCUT2D eigenvalue weighted by molar-refractivity contribution is 7.10. The van der Waals surface area contributed by atoms with Crippen LogP contribution in [0.15, 0.2) is 35.7 Å². The topological polar surface area (TPSA) is 38.3 Å². The standard InChI is InChI=1S/C15H17NO2S/c1-10-8-9-19-14(10)11(2)16-13-6-4-12(5-7-13)15(17)18-3/h4-9,11,16H,1-3H3. The highest BCUT2D eigenvalue weighted by Crippen LogP contribution is 2.26. The van der Waals surface area contributed by atoms with Crippen LogP contribution in [-0.4, -0.2) is 13.1 Å². The molecule has 1 aromatic heterocycles.